The lowest BCUT2D eigenvalue weighted by molar-refractivity contribution is 0.0525. The van der Waals surface area contributed by atoms with E-state index >= 15 is 0 Å². The Bertz CT molecular complexity index is 1150. The van der Waals surface area contributed by atoms with Crippen LogP contribution in [0.25, 0.3) is 0 Å². The molecule has 1 aromatic carbocycles. The molecule has 3 heterocycles. The van der Waals surface area contributed by atoms with Crippen LogP contribution in [0, 0.1) is 0 Å². The first kappa shape index (κ1) is 20.0. The molecule has 8 heteroatoms. The van der Waals surface area contributed by atoms with E-state index in [1.165, 1.54) is 4.90 Å². The first-order valence-corrected chi connectivity index (χ1v) is 9.93. The number of anilines is 1. The number of aliphatic imine (C=N–C) groups is 1. The van der Waals surface area contributed by atoms with Crippen LogP contribution >= 0.6 is 0 Å². The van der Waals surface area contributed by atoms with Gasteiger partial charge < -0.3 is 15.2 Å². The van der Waals surface area contributed by atoms with Crippen molar-refractivity contribution < 1.29 is 9.59 Å². The van der Waals surface area contributed by atoms with Gasteiger partial charge in [-0.15, -0.1) is 0 Å². The first-order valence-electron chi connectivity index (χ1n) is 9.93. The van der Waals surface area contributed by atoms with Crippen LogP contribution in [0.2, 0.25) is 0 Å². The zero-order valence-electron chi connectivity index (χ0n) is 17.7. The smallest absolute Gasteiger partial charge is 0.261 e. The second-order valence-electron chi connectivity index (χ2n) is 8.03. The van der Waals surface area contributed by atoms with Crippen molar-refractivity contribution in [2.45, 2.75) is 32.4 Å². The Labute approximate surface area is 174 Å². The Morgan fingerprint density at radius 1 is 1.13 bits per heavy atom. The lowest BCUT2D eigenvalue weighted by atomic mass is 10.00. The molecule has 2 N–H and O–H groups in total. The third-order valence-electron chi connectivity index (χ3n) is 6.17. The summed E-state index contributed by atoms with van der Waals surface area (Å²) in [5, 5.41) is 3.02. The fourth-order valence-electron chi connectivity index (χ4n) is 4.08. The molecule has 2 atom stereocenters. The molecule has 1 aromatic heterocycles. The number of amides is 2. The van der Waals surface area contributed by atoms with Gasteiger partial charge in [0.05, 0.1) is 39.8 Å². The van der Waals surface area contributed by atoms with Crippen LogP contribution < -0.4 is 10.9 Å². The van der Waals surface area contributed by atoms with Gasteiger partial charge >= 0.3 is 0 Å². The van der Waals surface area contributed by atoms with E-state index in [1.807, 2.05) is 32.8 Å². The number of carbonyl (C=O) groups excluding carboxylic acids is 2. The number of aromatic amines is 1. The first-order chi connectivity index (χ1) is 14.2. The van der Waals surface area contributed by atoms with E-state index in [9.17, 15) is 14.4 Å². The molecule has 0 aliphatic carbocycles. The van der Waals surface area contributed by atoms with Crippen molar-refractivity contribution in [2.24, 2.45) is 4.99 Å². The summed E-state index contributed by atoms with van der Waals surface area (Å²) in [4.78, 5) is 49.1. The molecule has 2 amide bonds. The van der Waals surface area contributed by atoms with Crippen molar-refractivity contribution in [1.29, 1.82) is 0 Å². The fourth-order valence-corrected chi connectivity index (χ4v) is 4.08. The van der Waals surface area contributed by atoms with E-state index in [2.05, 4.69) is 15.3 Å². The Kier molecular flexibility index (Phi) is 4.82. The molecule has 0 bridgehead atoms. The zero-order valence-corrected chi connectivity index (χ0v) is 17.7. The number of pyridine rings is 1. The molecule has 2 unspecified atom stereocenters. The Balaban J connectivity index is 1.72. The van der Waals surface area contributed by atoms with Crippen LogP contribution in [-0.2, 0) is 6.42 Å². The number of fused-ring (bicyclic) bond motifs is 2. The number of imide groups is 1. The van der Waals surface area contributed by atoms with Crippen molar-refractivity contribution in [3.63, 3.8) is 0 Å². The highest BCUT2D eigenvalue weighted by molar-refractivity contribution is 6.22. The number of rotatable bonds is 5. The Morgan fingerprint density at radius 2 is 1.80 bits per heavy atom. The Morgan fingerprint density at radius 3 is 2.43 bits per heavy atom. The molecule has 0 radical (unpaired) electrons. The molecule has 4 rings (SSSR count). The molecule has 8 nitrogen and oxygen atoms in total. The van der Waals surface area contributed by atoms with Crippen molar-refractivity contribution in [3.05, 3.63) is 57.0 Å². The monoisotopic (exact) mass is 407 g/mol. The highest BCUT2D eigenvalue weighted by Crippen LogP contribution is 2.36. The van der Waals surface area contributed by atoms with Crippen LogP contribution in [-0.4, -0.2) is 65.5 Å². The van der Waals surface area contributed by atoms with Gasteiger partial charge in [0.1, 0.15) is 0 Å². The van der Waals surface area contributed by atoms with Crippen molar-refractivity contribution in [2.75, 3.05) is 26.5 Å². The van der Waals surface area contributed by atoms with E-state index in [0.717, 1.165) is 5.56 Å². The SMILES string of the molecule is CNc1cc[nH]c(=O)c1C1=Nc2cc3c(cc2C1)C(=O)N(C(C)C(C)N(C)C)C3=O. The number of hydrogen-bond donors (Lipinski definition) is 2. The average Bonchev–Trinajstić information content (AvgIpc) is 3.23. The molecule has 156 valence electrons. The van der Waals surface area contributed by atoms with Gasteiger partial charge in [-0.05, 0) is 51.7 Å². The van der Waals surface area contributed by atoms with Gasteiger partial charge in [0, 0.05) is 25.7 Å². The van der Waals surface area contributed by atoms with Gasteiger partial charge in [-0.2, -0.15) is 0 Å². The maximum Gasteiger partial charge on any atom is 0.261 e. The van der Waals surface area contributed by atoms with Gasteiger partial charge in [0.15, 0.2) is 0 Å². The number of aromatic nitrogens is 1. The molecule has 0 fully saturated rings. The van der Waals surface area contributed by atoms with E-state index in [-0.39, 0.29) is 29.5 Å². The molecule has 2 aliphatic rings. The number of likely N-dealkylation sites (N-methyl/N-ethyl adjacent to an activating group) is 1. The molecule has 30 heavy (non-hydrogen) atoms. The lowest BCUT2D eigenvalue weighted by Gasteiger charge is -2.32. The van der Waals surface area contributed by atoms with E-state index in [1.54, 1.807) is 31.4 Å². The summed E-state index contributed by atoms with van der Waals surface area (Å²) in [6, 6.07) is 4.97. The fraction of sp³-hybridized carbons (Fsp3) is 0.364. The summed E-state index contributed by atoms with van der Waals surface area (Å²) in [7, 11) is 5.60. The van der Waals surface area contributed by atoms with E-state index in [0.29, 0.717) is 40.2 Å². The van der Waals surface area contributed by atoms with Gasteiger partial charge in [0.25, 0.3) is 17.4 Å². The lowest BCUT2D eigenvalue weighted by Crippen LogP contribution is -2.48. The highest BCUT2D eigenvalue weighted by atomic mass is 16.2. The largest absolute Gasteiger partial charge is 0.387 e. The summed E-state index contributed by atoms with van der Waals surface area (Å²) in [5.41, 5.74) is 3.79. The highest BCUT2D eigenvalue weighted by Gasteiger charge is 2.41. The number of hydrogen-bond acceptors (Lipinski definition) is 6. The van der Waals surface area contributed by atoms with Crippen molar-refractivity contribution in [1.82, 2.24) is 14.8 Å². The minimum atomic E-state index is -0.295. The van der Waals surface area contributed by atoms with E-state index < -0.39 is 0 Å². The maximum absolute atomic E-state index is 13.1. The molecule has 2 aliphatic heterocycles. The predicted molar refractivity (Wildman–Crippen MR) is 116 cm³/mol. The third kappa shape index (κ3) is 2.95. The molecule has 2 aromatic rings. The normalized spacial score (nSPS) is 17.1. The van der Waals surface area contributed by atoms with Gasteiger partial charge in [-0.25, -0.2) is 0 Å². The van der Waals surface area contributed by atoms with Crippen molar-refractivity contribution >= 4 is 28.9 Å². The average molecular weight is 407 g/mol. The topological polar surface area (TPSA) is 97.9 Å². The van der Waals surface area contributed by atoms with Gasteiger partial charge in [0.2, 0.25) is 0 Å². The summed E-state index contributed by atoms with van der Waals surface area (Å²) < 4.78 is 0. The summed E-state index contributed by atoms with van der Waals surface area (Å²) in [6.45, 7) is 3.87. The summed E-state index contributed by atoms with van der Waals surface area (Å²) >= 11 is 0. The molecule has 0 saturated carbocycles. The van der Waals surface area contributed by atoms with E-state index in [4.69, 9.17) is 0 Å². The van der Waals surface area contributed by atoms with Crippen molar-refractivity contribution in [3.8, 4) is 0 Å². The number of H-pyrrole nitrogens is 1. The third-order valence-corrected chi connectivity index (χ3v) is 6.17. The molecule has 0 saturated heterocycles. The molecule has 0 spiro atoms. The van der Waals surface area contributed by atoms with Gasteiger partial charge in [-0.1, -0.05) is 0 Å². The number of nitrogens with one attached hydrogen (secondary N) is 2. The van der Waals surface area contributed by atoms with Crippen LogP contribution in [0.4, 0.5) is 11.4 Å². The number of benzene rings is 1. The number of carbonyl (C=O) groups is 2. The Hall–Kier alpha value is -3.26. The quantitative estimate of drug-likeness (QED) is 0.739. The maximum atomic E-state index is 13.1. The van der Waals surface area contributed by atoms with Crippen LogP contribution in [0.3, 0.4) is 0 Å². The molecular formula is C22H25N5O3. The minimum absolute atomic E-state index is 0.0217. The molecular weight excluding hydrogens is 382 g/mol. The summed E-state index contributed by atoms with van der Waals surface area (Å²) in [6.07, 6.45) is 2.01. The summed E-state index contributed by atoms with van der Waals surface area (Å²) in [5.74, 6) is -0.572. The van der Waals surface area contributed by atoms with Gasteiger partial charge in [-0.3, -0.25) is 24.3 Å². The minimum Gasteiger partial charge on any atom is -0.387 e. The predicted octanol–water partition coefficient (Wildman–Crippen LogP) is 2.03. The second kappa shape index (κ2) is 7.21. The van der Waals surface area contributed by atoms with Crippen LogP contribution in [0.15, 0.2) is 34.2 Å². The van der Waals surface area contributed by atoms with Crippen LogP contribution in [0.1, 0.15) is 45.7 Å². The zero-order chi connectivity index (χ0) is 21.7. The number of nitrogens with zero attached hydrogens (tertiary/aromatic N) is 3. The van der Waals surface area contributed by atoms with Crippen LogP contribution in [0.5, 0.6) is 0 Å². The second-order valence-corrected chi connectivity index (χ2v) is 8.03. The standard InChI is InChI=1S/C22H25N5O3/c1-11(26(4)5)12(2)27-21(29)14-8-13-9-18(25-17(13)10-15(14)22(27)30)19-16(23-3)6-7-24-20(19)28/h6-8,10-12H,9H2,1-5H3,(H2,23,24,28).